The Morgan fingerprint density at radius 1 is 1.02 bits per heavy atom. The van der Waals surface area contributed by atoms with Crippen LogP contribution in [-0.4, -0.2) is 56.5 Å². The van der Waals surface area contributed by atoms with E-state index in [2.05, 4.69) is 27.2 Å². The number of anilines is 3. The van der Waals surface area contributed by atoms with Crippen LogP contribution in [0.4, 0.5) is 21.6 Å². The third-order valence-corrected chi connectivity index (χ3v) is 8.58. The number of rotatable bonds is 11. The molecule has 3 aromatic carbocycles. The van der Waals surface area contributed by atoms with E-state index in [0.717, 1.165) is 49.4 Å². The molecule has 0 bridgehead atoms. The number of nitrogens with zero attached hydrogens (tertiary/aromatic N) is 4. The first-order valence-corrected chi connectivity index (χ1v) is 14.8. The molecule has 1 fully saturated rings. The lowest BCUT2D eigenvalue weighted by atomic mass is 9.98. The number of carbonyl (C=O) groups excluding carboxylic acids is 1. The van der Waals surface area contributed by atoms with Crippen LogP contribution < -0.4 is 14.5 Å². The van der Waals surface area contributed by atoms with E-state index in [9.17, 15) is 17.6 Å². The quantitative estimate of drug-likeness (QED) is 0.189. The number of hydrogen-bond donors (Lipinski definition) is 1. The van der Waals surface area contributed by atoms with Gasteiger partial charge in [-0.3, -0.25) is 4.79 Å². The minimum atomic E-state index is -4.52. The molecule has 1 aliphatic rings. The van der Waals surface area contributed by atoms with Crippen molar-refractivity contribution in [3.8, 4) is 17.0 Å². The molecule has 0 saturated carbocycles. The number of piperidine rings is 1. The Morgan fingerprint density at radius 3 is 2.43 bits per heavy atom. The first kappa shape index (κ1) is 29.0. The summed E-state index contributed by atoms with van der Waals surface area (Å²) in [6.45, 7) is 2.88. The normalized spacial score (nSPS) is 14.2. The van der Waals surface area contributed by atoms with Crippen LogP contribution in [0.3, 0.4) is 0 Å². The Hall–Kier alpha value is -4.55. The van der Waals surface area contributed by atoms with Crippen LogP contribution in [0, 0.1) is 11.7 Å². The molecule has 0 atom stereocenters. The van der Waals surface area contributed by atoms with Gasteiger partial charge in [0, 0.05) is 17.3 Å². The highest BCUT2D eigenvalue weighted by molar-refractivity contribution is 7.92. The van der Waals surface area contributed by atoms with Gasteiger partial charge in [0.2, 0.25) is 0 Å². The summed E-state index contributed by atoms with van der Waals surface area (Å²) >= 11 is 0. The van der Waals surface area contributed by atoms with Crippen molar-refractivity contribution in [1.82, 2.24) is 14.9 Å². The van der Waals surface area contributed by atoms with Crippen molar-refractivity contribution >= 4 is 33.7 Å². The van der Waals surface area contributed by atoms with Gasteiger partial charge in [-0.15, -0.1) is 0 Å². The Bertz CT molecular complexity index is 1610. The van der Waals surface area contributed by atoms with E-state index in [0.29, 0.717) is 34.2 Å². The second kappa shape index (κ2) is 13.0. The van der Waals surface area contributed by atoms with Crippen LogP contribution in [0.15, 0.2) is 90.1 Å². The van der Waals surface area contributed by atoms with Crippen LogP contribution in [0.2, 0.25) is 0 Å². The molecular formula is C30H30FN5O5S. The zero-order valence-corrected chi connectivity index (χ0v) is 23.7. The number of nitrogens with one attached hydrogen (secondary N) is 1. The molecule has 2 heterocycles. The molecule has 0 radical (unpaired) electrons. The van der Waals surface area contributed by atoms with Gasteiger partial charge in [0.15, 0.2) is 0 Å². The fourth-order valence-corrected chi connectivity index (χ4v) is 5.89. The highest BCUT2D eigenvalue weighted by Gasteiger charge is 2.29. The molecule has 0 unspecified atom stereocenters. The van der Waals surface area contributed by atoms with E-state index in [1.807, 2.05) is 24.3 Å². The zero-order valence-electron chi connectivity index (χ0n) is 22.9. The maximum absolute atomic E-state index is 14.2. The lowest BCUT2D eigenvalue weighted by Gasteiger charge is -2.28. The van der Waals surface area contributed by atoms with Crippen LogP contribution in [0.25, 0.3) is 11.3 Å². The molecule has 12 heteroatoms. The Kier molecular flexibility index (Phi) is 8.94. The van der Waals surface area contributed by atoms with Crippen molar-refractivity contribution in [2.24, 2.45) is 5.92 Å². The molecule has 1 aliphatic heterocycles. The summed E-state index contributed by atoms with van der Waals surface area (Å²) in [7, 11) is -2.37. The van der Waals surface area contributed by atoms with Gasteiger partial charge in [-0.05, 0) is 99.6 Å². The third kappa shape index (κ3) is 6.84. The average Bonchev–Trinajstić information content (AvgIpc) is 3.00. The van der Waals surface area contributed by atoms with Gasteiger partial charge in [0.25, 0.3) is 10.0 Å². The summed E-state index contributed by atoms with van der Waals surface area (Å²) < 4.78 is 46.6. The van der Waals surface area contributed by atoms with Crippen molar-refractivity contribution < 1.29 is 27.2 Å². The van der Waals surface area contributed by atoms with Crippen molar-refractivity contribution in [2.75, 3.05) is 36.5 Å². The molecule has 218 valence electrons. The molecule has 0 spiro atoms. The van der Waals surface area contributed by atoms with Gasteiger partial charge in [0.05, 0.1) is 18.0 Å². The Labute approximate surface area is 243 Å². The number of carbonyl (C=O) groups is 1. The minimum Gasteiger partial charge on any atom is -0.493 e. The van der Waals surface area contributed by atoms with Gasteiger partial charge in [-0.25, -0.2) is 14.4 Å². The summed E-state index contributed by atoms with van der Waals surface area (Å²) in [5, 5.41) is 3.15. The van der Waals surface area contributed by atoms with E-state index in [4.69, 9.17) is 9.57 Å². The highest BCUT2D eigenvalue weighted by Crippen LogP contribution is 2.28. The van der Waals surface area contributed by atoms with Crippen molar-refractivity contribution in [2.45, 2.75) is 17.7 Å². The van der Waals surface area contributed by atoms with Crippen LogP contribution >= 0.6 is 0 Å². The second-order valence-corrected chi connectivity index (χ2v) is 11.6. The fraction of sp³-hybridized carbons (Fsp3) is 0.233. The first-order valence-electron chi connectivity index (χ1n) is 13.3. The number of sulfonamides is 1. The van der Waals surface area contributed by atoms with E-state index >= 15 is 0 Å². The van der Waals surface area contributed by atoms with Gasteiger partial charge in [-0.2, -0.15) is 8.42 Å². The summed E-state index contributed by atoms with van der Waals surface area (Å²) in [6, 6.07) is 20.3. The lowest BCUT2D eigenvalue weighted by Crippen LogP contribution is -2.32. The molecule has 1 N–H and O–H groups in total. The Balaban J connectivity index is 1.25. The second-order valence-electron chi connectivity index (χ2n) is 9.91. The predicted molar refractivity (Wildman–Crippen MR) is 156 cm³/mol. The number of benzene rings is 3. The first-order chi connectivity index (χ1) is 20.3. The minimum absolute atomic E-state index is 0.00240. The number of ether oxygens (including phenoxy) is 1. The number of aromatic nitrogens is 2. The number of likely N-dealkylation sites (tertiary alicyclic amines) is 1. The van der Waals surface area contributed by atoms with Gasteiger partial charge < -0.3 is 19.8 Å². The molecule has 0 amide bonds. The van der Waals surface area contributed by atoms with Crippen LogP contribution in [-0.2, 0) is 19.7 Å². The lowest BCUT2D eigenvalue weighted by molar-refractivity contribution is -0.128. The summed E-state index contributed by atoms with van der Waals surface area (Å²) in [5.74, 6) is 0.928. The standard InChI is InChI=1S/C30H30FN5O5S/c1-35-16-14-22(15-17-35)19-40-26-12-6-23(7-13-26)28-18-30(33-20-32-28)34-24-8-10-25(11-9-24)36(41-21-37)42(38,39)29-5-3-2-4-27(29)31/h2-13,18,20-22H,14-17,19H2,1H3,(H,32,33,34). The molecular weight excluding hydrogens is 561 g/mol. The van der Waals surface area contributed by atoms with Gasteiger partial charge in [-0.1, -0.05) is 16.6 Å². The maximum Gasteiger partial charge on any atom is 0.322 e. The maximum atomic E-state index is 14.2. The molecule has 1 aromatic heterocycles. The topological polar surface area (TPSA) is 114 Å². The van der Waals surface area contributed by atoms with Gasteiger partial charge >= 0.3 is 6.47 Å². The van der Waals surface area contributed by atoms with E-state index in [-0.39, 0.29) is 12.2 Å². The molecule has 4 aromatic rings. The van der Waals surface area contributed by atoms with E-state index in [1.54, 1.807) is 18.2 Å². The zero-order chi connectivity index (χ0) is 29.5. The third-order valence-electron chi connectivity index (χ3n) is 6.96. The van der Waals surface area contributed by atoms with Crippen molar-refractivity contribution in [3.05, 3.63) is 91.0 Å². The number of halogens is 1. The van der Waals surface area contributed by atoms with Crippen molar-refractivity contribution in [1.29, 1.82) is 0 Å². The van der Waals surface area contributed by atoms with Gasteiger partial charge in [0.1, 0.15) is 28.6 Å². The summed E-state index contributed by atoms with van der Waals surface area (Å²) in [5.41, 5.74) is 2.17. The van der Waals surface area contributed by atoms with Crippen LogP contribution in [0.5, 0.6) is 5.75 Å². The smallest absolute Gasteiger partial charge is 0.322 e. The average molecular weight is 592 g/mol. The molecule has 5 rings (SSSR count). The largest absolute Gasteiger partial charge is 0.493 e. The fourth-order valence-electron chi connectivity index (χ4n) is 4.60. The molecule has 42 heavy (non-hydrogen) atoms. The summed E-state index contributed by atoms with van der Waals surface area (Å²) in [6.07, 6.45) is 3.73. The monoisotopic (exact) mass is 591 g/mol. The van der Waals surface area contributed by atoms with E-state index in [1.165, 1.54) is 30.6 Å². The molecule has 10 nitrogen and oxygen atoms in total. The Morgan fingerprint density at radius 2 is 1.74 bits per heavy atom. The number of hydrogen-bond acceptors (Lipinski definition) is 9. The van der Waals surface area contributed by atoms with E-state index < -0.39 is 20.7 Å². The molecule has 1 saturated heterocycles. The van der Waals surface area contributed by atoms with Crippen LogP contribution in [0.1, 0.15) is 12.8 Å². The highest BCUT2D eigenvalue weighted by atomic mass is 32.2. The SMILES string of the molecule is CN1CCC(COc2ccc(-c3cc(Nc4ccc(N(OC=O)S(=O)(=O)c5ccccc5F)cc4)ncn3)cc2)CC1. The van der Waals surface area contributed by atoms with Crippen molar-refractivity contribution in [3.63, 3.8) is 0 Å². The predicted octanol–water partition coefficient (Wildman–Crippen LogP) is 5.03. The molecule has 0 aliphatic carbocycles. The summed E-state index contributed by atoms with van der Waals surface area (Å²) in [4.78, 5) is 26.2.